The normalized spacial score (nSPS) is 42.6. The van der Waals surface area contributed by atoms with E-state index >= 15 is 4.79 Å². The first-order valence-corrected chi connectivity index (χ1v) is 35.1. The molecule has 7 N–H and O–H groups in total. The highest BCUT2D eigenvalue weighted by atomic mass is 16.6. The second-order valence-electron chi connectivity index (χ2n) is 31.3. The lowest BCUT2D eigenvalue weighted by molar-refractivity contribution is -0.328. The zero-order valence-corrected chi connectivity index (χ0v) is 53.4. The van der Waals surface area contributed by atoms with Crippen LogP contribution in [-0.2, 0) is 21.4 Å². The van der Waals surface area contributed by atoms with E-state index in [9.17, 15) is 20.4 Å². The molecule has 14 rings (SSSR count). The molecule has 0 amide bonds. The fraction of sp³-hybridized carbons (Fsp3) is 0.733. The number of ether oxygens (including phenoxy) is 4. The average molecular weight is 1200 g/mol. The monoisotopic (exact) mass is 1200 g/mol. The van der Waals surface area contributed by atoms with Crippen LogP contribution >= 0.6 is 0 Å². The molecule has 9 saturated carbocycles. The number of rotatable bonds is 10. The first-order chi connectivity index (χ1) is 42.7. The number of nitrogens with one attached hydrogen (secondary N) is 3. The molecular weight excluding hydrogens is 1100 g/mol. The highest BCUT2D eigenvalue weighted by Gasteiger charge is 2.71. The Hall–Kier alpha value is -4.76. The molecule has 3 aliphatic heterocycles. The second-order valence-corrected chi connectivity index (χ2v) is 31.3. The van der Waals surface area contributed by atoms with Crippen molar-refractivity contribution >= 4 is 17.4 Å². The van der Waals surface area contributed by atoms with Crippen molar-refractivity contribution in [2.75, 3.05) is 46.3 Å². The summed E-state index contributed by atoms with van der Waals surface area (Å²) in [5.41, 5.74) is 1.17. The van der Waals surface area contributed by atoms with Crippen molar-refractivity contribution in [1.82, 2.24) is 10.6 Å². The highest BCUT2D eigenvalue weighted by molar-refractivity contribution is 5.97. The standard InChI is InChI=1S/C75H102N4O9/c1-5-48-16-20-56-57(15-10-34-80)67-70(30-29-69(44-70)25-6-7-26-69)31-32-74(67)55-39-60(79-68(77-3)78-33-9-13-52-12-8-27-73(52,64(83)23-21-59(74)58(56)36-48)41-49-17-22-61(82)62(37-49)85-4)66-63(40-55)87-72(47-76-2)42-54(14-11-35-86-66)71(45-72)28-24-53-38-50-18-19-51(43-81)65(50)88-75(53,84)46-71/h17,21-23,37,39-40,48,50-54,56-59,65,67,76,80-82,84H,5-8,10,12-16,18-20,24-32,34,36,38,41-47H2,1-4H3,(H2,77,78,79)/b23-21+/t48-,50-,51+,52-,53-,54-,56-,57+,58-,59+,65+,67+,70+,71+,72+,73-,74+,75+/m0/s1. The number of fused-ring (bicyclic) bond motifs is 13. The number of nitrogens with zero attached hydrogens (tertiary/aromatic N) is 1. The Morgan fingerprint density at radius 2 is 1.72 bits per heavy atom. The summed E-state index contributed by atoms with van der Waals surface area (Å²) in [7, 11) is 5.40. The number of carbonyl (C=O) groups excluding carboxylic acids is 1. The minimum Gasteiger partial charge on any atom is -0.504 e. The Morgan fingerprint density at radius 1 is 0.864 bits per heavy atom. The van der Waals surface area contributed by atoms with E-state index in [1.54, 1.807) is 20.2 Å². The Labute approximate surface area is 524 Å². The van der Waals surface area contributed by atoms with E-state index in [0.29, 0.717) is 96.9 Å². The number of aliphatic hydroxyl groups excluding tert-OH is 2. The maximum absolute atomic E-state index is 16.3. The lowest BCUT2D eigenvalue weighted by Gasteiger charge is -2.62. The van der Waals surface area contributed by atoms with Crippen LogP contribution in [0.25, 0.3) is 0 Å². The zero-order valence-electron chi connectivity index (χ0n) is 53.4. The van der Waals surface area contributed by atoms with E-state index < -0.39 is 22.2 Å². The van der Waals surface area contributed by atoms with Gasteiger partial charge >= 0.3 is 0 Å². The topological polar surface area (TPSA) is 183 Å². The maximum Gasteiger partial charge on any atom is 0.207 e. The van der Waals surface area contributed by atoms with Gasteiger partial charge in [-0.25, -0.2) is 0 Å². The number of aliphatic imine (C=N–C) groups is 1. The SMILES string of the molecule is CC[C@H]1CC[C@H]2[C@@H](CCCO)[C@@H]3[C@]4(CCC5(CCCC5)C4)CC[C@]34c3cc(c5c(c3)O[C@]3(CNC)C[C@H](CC#CO5)[C@]5(CC[C@H]6C[C@@H]7CC[C@H](CO)[C@@H]7O[C@]6(O)C5)C3)NC(=NC)NC#CC[C@@H]3CCC[C@@]3(Cc3ccc(O)c(OC)c3)C(=O)/C=C/[C@@H]4[C@H]2C1. The van der Waals surface area contributed by atoms with Gasteiger partial charge in [-0.2, -0.15) is 0 Å². The number of hydrogen-bond acceptors (Lipinski definition) is 11. The summed E-state index contributed by atoms with van der Waals surface area (Å²) in [5, 5.41) is 56.2. The zero-order chi connectivity index (χ0) is 60.7. The number of aliphatic hydroxyl groups is 3. The van der Waals surface area contributed by atoms with E-state index in [0.717, 1.165) is 108 Å². The van der Waals surface area contributed by atoms with Crippen molar-refractivity contribution in [2.24, 2.45) is 91.7 Å². The molecule has 9 aliphatic carbocycles. The molecule has 4 bridgehead atoms. The van der Waals surface area contributed by atoms with Crippen molar-refractivity contribution in [2.45, 2.75) is 216 Å². The lowest BCUT2D eigenvalue weighted by atomic mass is 9.42. The summed E-state index contributed by atoms with van der Waals surface area (Å²) in [6.07, 6.45) is 36.1. The lowest BCUT2D eigenvalue weighted by Crippen LogP contribution is -2.58. The summed E-state index contributed by atoms with van der Waals surface area (Å²) < 4.78 is 27.6. The van der Waals surface area contributed by atoms with Gasteiger partial charge in [-0.05, 0) is 253 Å². The predicted octanol–water partition coefficient (Wildman–Crippen LogP) is 12.5. The minimum absolute atomic E-state index is 0.00413. The number of phenolic OH excluding ortho intramolecular Hbond substituents is 1. The highest BCUT2D eigenvalue weighted by Crippen LogP contribution is 2.77. The molecule has 0 aromatic heterocycles. The number of aromatic hydroxyl groups is 1. The summed E-state index contributed by atoms with van der Waals surface area (Å²) in [4.78, 5) is 21.1. The number of anilines is 1. The summed E-state index contributed by atoms with van der Waals surface area (Å²) >= 11 is 0. The number of hydrogen-bond donors (Lipinski definition) is 7. The summed E-state index contributed by atoms with van der Waals surface area (Å²) in [6.45, 7) is 3.23. The van der Waals surface area contributed by atoms with E-state index in [1.807, 2.05) is 19.2 Å². The Morgan fingerprint density at radius 3 is 2.52 bits per heavy atom. The van der Waals surface area contributed by atoms with Gasteiger partial charge in [0.15, 0.2) is 28.8 Å². The predicted molar refractivity (Wildman–Crippen MR) is 341 cm³/mol. The van der Waals surface area contributed by atoms with Crippen LogP contribution in [0.5, 0.6) is 23.0 Å². The van der Waals surface area contributed by atoms with Crippen LogP contribution < -0.4 is 30.2 Å². The van der Waals surface area contributed by atoms with E-state index in [2.05, 4.69) is 71.2 Å². The Bertz CT molecular complexity index is 3150. The third-order valence-corrected chi connectivity index (χ3v) is 27.3. The van der Waals surface area contributed by atoms with Crippen LogP contribution in [0.3, 0.4) is 0 Å². The molecule has 3 heterocycles. The third-order valence-electron chi connectivity index (χ3n) is 27.3. The molecule has 13 heteroatoms. The number of carbonyl (C=O) groups is 1. The molecule has 12 aliphatic rings. The second kappa shape index (κ2) is 23.7. The molecular formula is C75H102N4O9. The molecule has 0 radical (unpaired) electrons. The van der Waals surface area contributed by atoms with E-state index in [4.69, 9.17) is 23.9 Å². The van der Waals surface area contributed by atoms with Crippen LogP contribution in [0.1, 0.15) is 198 Å². The number of phenols is 1. The molecule has 2 aromatic carbocycles. The van der Waals surface area contributed by atoms with Gasteiger partial charge in [0.1, 0.15) is 11.7 Å². The fourth-order valence-electron chi connectivity index (χ4n) is 23.7. The van der Waals surface area contributed by atoms with Gasteiger partial charge in [-0.3, -0.25) is 15.1 Å². The average Bonchev–Trinajstić information content (AvgIpc) is 1.47. The number of allylic oxidation sites excluding steroid dienone is 2. The van der Waals surface area contributed by atoms with Crippen molar-refractivity contribution in [3.8, 4) is 47.0 Å². The van der Waals surface area contributed by atoms with Gasteiger partial charge in [0.2, 0.25) is 11.7 Å². The van der Waals surface area contributed by atoms with Crippen molar-refractivity contribution in [1.29, 1.82) is 0 Å². The van der Waals surface area contributed by atoms with Crippen LogP contribution in [0.2, 0.25) is 0 Å². The van der Waals surface area contributed by atoms with E-state index in [1.165, 1.54) is 63.4 Å². The van der Waals surface area contributed by atoms with Crippen LogP contribution in [0.4, 0.5) is 5.69 Å². The molecule has 13 nitrogen and oxygen atoms in total. The fourth-order valence-corrected chi connectivity index (χ4v) is 23.7. The van der Waals surface area contributed by atoms with Crippen molar-refractivity contribution < 1.29 is 44.2 Å². The van der Waals surface area contributed by atoms with Gasteiger partial charge in [0.25, 0.3) is 0 Å². The number of ketones is 1. The van der Waals surface area contributed by atoms with Crippen molar-refractivity contribution in [3.05, 3.63) is 53.6 Å². The molecule has 476 valence electrons. The number of likely N-dealkylation sites (N-methyl/N-ethyl adjacent to an activating group) is 1. The van der Waals surface area contributed by atoms with Gasteiger partial charge in [-0.15, -0.1) is 0 Å². The van der Waals surface area contributed by atoms with Gasteiger partial charge < -0.3 is 50.0 Å². The minimum atomic E-state index is -1.30. The molecule has 0 unspecified atom stereocenters. The van der Waals surface area contributed by atoms with Crippen LogP contribution in [-0.4, -0.2) is 90.6 Å². The third kappa shape index (κ3) is 10.1. The van der Waals surface area contributed by atoms with Gasteiger partial charge in [0, 0.05) is 74.8 Å². The first kappa shape index (κ1) is 60.8. The first-order valence-electron chi connectivity index (χ1n) is 35.1. The quantitative estimate of drug-likeness (QED) is 0.112. The van der Waals surface area contributed by atoms with Gasteiger partial charge in [0.05, 0.1) is 18.9 Å². The summed E-state index contributed by atoms with van der Waals surface area (Å²) in [5.74, 6) is 10.7. The Kier molecular flexibility index (Phi) is 16.4. The molecule has 10 fully saturated rings. The maximum atomic E-state index is 16.3. The number of benzene rings is 2. The largest absolute Gasteiger partial charge is 0.504 e. The van der Waals surface area contributed by atoms with Crippen LogP contribution in [0, 0.1) is 111 Å². The number of guanidine groups is 1. The molecule has 1 saturated heterocycles. The number of methoxy groups -OCH3 is 1. The van der Waals surface area contributed by atoms with Crippen molar-refractivity contribution in [3.63, 3.8) is 0 Å². The van der Waals surface area contributed by atoms with Gasteiger partial charge in [-0.1, -0.05) is 63.0 Å². The Balaban J connectivity index is 0.959. The molecule has 4 spiro atoms. The van der Waals surface area contributed by atoms with Crippen LogP contribution in [0.15, 0.2) is 47.5 Å². The summed E-state index contributed by atoms with van der Waals surface area (Å²) in [6, 6.07) is 13.7. The molecule has 88 heavy (non-hydrogen) atoms. The smallest absolute Gasteiger partial charge is 0.207 e. The molecule has 18 atom stereocenters. The molecule has 2 aromatic rings. The van der Waals surface area contributed by atoms with E-state index in [-0.39, 0.29) is 77.2 Å².